The summed E-state index contributed by atoms with van der Waals surface area (Å²) in [4.78, 5) is 14.1. The molecule has 5 heteroatoms. The van der Waals surface area contributed by atoms with E-state index in [2.05, 4.69) is 5.10 Å². The van der Waals surface area contributed by atoms with Crippen molar-refractivity contribution in [2.75, 3.05) is 13.7 Å². The first-order chi connectivity index (χ1) is 9.61. The van der Waals surface area contributed by atoms with E-state index in [0.29, 0.717) is 24.5 Å². The fourth-order valence-electron chi connectivity index (χ4n) is 1.99. The number of para-hydroxylation sites is 1. The van der Waals surface area contributed by atoms with Crippen LogP contribution in [-0.2, 0) is 13.6 Å². The molecule has 5 nitrogen and oxygen atoms in total. The van der Waals surface area contributed by atoms with Crippen LogP contribution in [0.15, 0.2) is 36.5 Å². The van der Waals surface area contributed by atoms with Crippen LogP contribution in [0.1, 0.15) is 23.0 Å². The normalized spacial score (nSPS) is 10.3. The Hall–Kier alpha value is -2.30. The molecule has 0 aliphatic rings. The van der Waals surface area contributed by atoms with E-state index in [-0.39, 0.29) is 5.91 Å². The third-order valence-electron chi connectivity index (χ3n) is 2.93. The molecule has 0 unspecified atom stereocenters. The van der Waals surface area contributed by atoms with E-state index in [1.165, 1.54) is 0 Å². The fourth-order valence-corrected chi connectivity index (χ4v) is 1.99. The van der Waals surface area contributed by atoms with Crippen LogP contribution in [0, 0.1) is 0 Å². The number of benzene rings is 1. The lowest BCUT2D eigenvalue weighted by molar-refractivity contribution is 0.0779. The van der Waals surface area contributed by atoms with Crippen molar-refractivity contribution in [3.8, 4) is 5.75 Å². The Kier molecular flexibility index (Phi) is 4.40. The second-order valence-electron chi connectivity index (χ2n) is 4.57. The van der Waals surface area contributed by atoms with E-state index in [4.69, 9.17) is 4.74 Å². The molecule has 0 aliphatic heterocycles. The van der Waals surface area contributed by atoms with Gasteiger partial charge in [0.25, 0.3) is 5.91 Å². The summed E-state index contributed by atoms with van der Waals surface area (Å²) in [5, 5.41) is 4.28. The molecule has 0 fully saturated rings. The average Bonchev–Trinajstić information content (AvgIpc) is 2.84. The maximum atomic E-state index is 12.5. The Morgan fingerprint density at radius 1 is 1.35 bits per heavy atom. The summed E-state index contributed by atoms with van der Waals surface area (Å²) in [6, 6.07) is 9.19. The summed E-state index contributed by atoms with van der Waals surface area (Å²) < 4.78 is 7.22. The Morgan fingerprint density at radius 2 is 2.10 bits per heavy atom. The van der Waals surface area contributed by atoms with Gasteiger partial charge in [0, 0.05) is 20.3 Å². The lowest BCUT2D eigenvalue weighted by atomic mass is 10.1. The van der Waals surface area contributed by atoms with Crippen LogP contribution in [0.25, 0.3) is 0 Å². The smallest absolute Gasteiger partial charge is 0.257 e. The second-order valence-corrected chi connectivity index (χ2v) is 4.57. The van der Waals surface area contributed by atoms with Gasteiger partial charge in [-0.15, -0.1) is 0 Å². The van der Waals surface area contributed by atoms with Gasteiger partial charge in [-0.05, 0) is 25.1 Å². The number of ether oxygens (including phenoxy) is 1. The van der Waals surface area contributed by atoms with Crippen molar-refractivity contribution >= 4 is 5.91 Å². The van der Waals surface area contributed by atoms with Gasteiger partial charge >= 0.3 is 0 Å². The van der Waals surface area contributed by atoms with Crippen LogP contribution in [-0.4, -0.2) is 34.2 Å². The summed E-state index contributed by atoms with van der Waals surface area (Å²) in [6.45, 7) is 2.91. The van der Waals surface area contributed by atoms with E-state index in [0.717, 1.165) is 5.69 Å². The molecular weight excluding hydrogens is 254 g/mol. The third-order valence-corrected chi connectivity index (χ3v) is 2.93. The lowest BCUT2D eigenvalue weighted by Crippen LogP contribution is -2.27. The maximum Gasteiger partial charge on any atom is 0.257 e. The van der Waals surface area contributed by atoms with Crippen molar-refractivity contribution < 1.29 is 9.53 Å². The number of aromatic nitrogens is 2. The van der Waals surface area contributed by atoms with Crippen LogP contribution in [0.3, 0.4) is 0 Å². The molecule has 20 heavy (non-hydrogen) atoms. The van der Waals surface area contributed by atoms with E-state index in [1.807, 2.05) is 44.4 Å². The van der Waals surface area contributed by atoms with Crippen LogP contribution in [0.5, 0.6) is 5.75 Å². The molecule has 0 saturated carbocycles. The van der Waals surface area contributed by atoms with Gasteiger partial charge in [0.1, 0.15) is 5.75 Å². The number of nitrogens with zero attached hydrogens (tertiary/aromatic N) is 3. The summed E-state index contributed by atoms with van der Waals surface area (Å²) >= 11 is 0. The van der Waals surface area contributed by atoms with Gasteiger partial charge in [-0.3, -0.25) is 9.48 Å². The van der Waals surface area contributed by atoms with Crippen molar-refractivity contribution in [3.05, 3.63) is 47.8 Å². The van der Waals surface area contributed by atoms with Crippen molar-refractivity contribution in [1.29, 1.82) is 0 Å². The molecule has 0 N–H and O–H groups in total. The number of carbonyl (C=O) groups is 1. The molecule has 2 rings (SSSR count). The monoisotopic (exact) mass is 273 g/mol. The molecule has 106 valence electrons. The highest BCUT2D eigenvalue weighted by molar-refractivity contribution is 5.96. The van der Waals surface area contributed by atoms with E-state index in [9.17, 15) is 4.79 Å². The number of rotatable bonds is 5. The van der Waals surface area contributed by atoms with E-state index in [1.54, 1.807) is 22.7 Å². The minimum Gasteiger partial charge on any atom is -0.493 e. The standard InChI is InChI=1S/C15H19N3O2/c1-4-20-14-8-6-5-7-13(14)15(19)17(2)11-12-9-10-18(3)16-12/h5-10H,4,11H2,1-3H3. The van der Waals surface area contributed by atoms with Crippen LogP contribution >= 0.6 is 0 Å². The van der Waals surface area contributed by atoms with Crippen molar-refractivity contribution in [1.82, 2.24) is 14.7 Å². The minimum absolute atomic E-state index is 0.0697. The molecule has 0 atom stereocenters. The molecule has 1 aromatic heterocycles. The van der Waals surface area contributed by atoms with Gasteiger partial charge < -0.3 is 9.64 Å². The fraction of sp³-hybridized carbons (Fsp3) is 0.333. The maximum absolute atomic E-state index is 12.5. The van der Waals surface area contributed by atoms with Crippen LogP contribution in [0.2, 0.25) is 0 Å². The number of carbonyl (C=O) groups excluding carboxylic acids is 1. The highest BCUT2D eigenvalue weighted by Gasteiger charge is 2.17. The van der Waals surface area contributed by atoms with Gasteiger partial charge in [-0.2, -0.15) is 5.10 Å². The summed E-state index contributed by atoms with van der Waals surface area (Å²) in [5.41, 5.74) is 1.44. The first-order valence-electron chi connectivity index (χ1n) is 6.57. The predicted molar refractivity (Wildman–Crippen MR) is 76.6 cm³/mol. The summed E-state index contributed by atoms with van der Waals surface area (Å²) in [7, 11) is 3.62. The Labute approximate surface area is 118 Å². The Morgan fingerprint density at radius 3 is 2.75 bits per heavy atom. The third kappa shape index (κ3) is 3.17. The van der Waals surface area contributed by atoms with Crippen LogP contribution < -0.4 is 4.74 Å². The molecule has 0 aliphatic carbocycles. The van der Waals surface area contributed by atoms with Crippen molar-refractivity contribution in [2.45, 2.75) is 13.5 Å². The molecule has 1 heterocycles. The van der Waals surface area contributed by atoms with Gasteiger partial charge in [0.05, 0.1) is 24.4 Å². The SMILES string of the molecule is CCOc1ccccc1C(=O)N(C)Cc1ccn(C)n1. The molecule has 2 aromatic rings. The first-order valence-corrected chi connectivity index (χ1v) is 6.57. The highest BCUT2D eigenvalue weighted by Crippen LogP contribution is 2.20. The largest absolute Gasteiger partial charge is 0.493 e. The molecule has 1 aromatic carbocycles. The number of amides is 1. The summed E-state index contributed by atoms with van der Waals surface area (Å²) in [5.74, 6) is 0.549. The average molecular weight is 273 g/mol. The molecule has 0 saturated heterocycles. The van der Waals surface area contributed by atoms with E-state index < -0.39 is 0 Å². The van der Waals surface area contributed by atoms with Crippen molar-refractivity contribution in [3.63, 3.8) is 0 Å². The Balaban J connectivity index is 2.14. The zero-order valence-corrected chi connectivity index (χ0v) is 12.0. The van der Waals surface area contributed by atoms with Crippen molar-refractivity contribution in [2.24, 2.45) is 7.05 Å². The Bertz CT molecular complexity index is 592. The zero-order chi connectivity index (χ0) is 14.5. The highest BCUT2D eigenvalue weighted by atomic mass is 16.5. The number of aryl methyl sites for hydroxylation is 1. The van der Waals surface area contributed by atoms with Gasteiger partial charge in [0.15, 0.2) is 0 Å². The molecular formula is C15H19N3O2. The van der Waals surface area contributed by atoms with Crippen LogP contribution in [0.4, 0.5) is 0 Å². The molecule has 1 amide bonds. The number of hydrogen-bond donors (Lipinski definition) is 0. The first kappa shape index (κ1) is 14.1. The predicted octanol–water partition coefficient (Wildman–Crippen LogP) is 2.09. The topological polar surface area (TPSA) is 47.4 Å². The molecule has 0 radical (unpaired) electrons. The second kappa shape index (κ2) is 6.23. The van der Waals surface area contributed by atoms with Gasteiger partial charge in [0.2, 0.25) is 0 Å². The lowest BCUT2D eigenvalue weighted by Gasteiger charge is -2.18. The molecule has 0 spiro atoms. The number of hydrogen-bond acceptors (Lipinski definition) is 3. The quantitative estimate of drug-likeness (QED) is 0.838. The molecule has 0 bridgehead atoms. The van der Waals surface area contributed by atoms with E-state index >= 15 is 0 Å². The minimum atomic E-state index is -0.0697. The van der Waals surface area contributed by atoms with Gasteiger partial charge in [-0.25, -0.2) is 0 Å². The summed E-state index contributed by atoms with van der Waals surface area (Å²) in [6.07, 6.45) is 1.86. The zero-order valence-electron chi connectivity index (χ0n) is 12.0. The van der Waals surface area contributed by atoms with Gasteiger partial charge in [-0.1, -0.05) is 12.1 Å².